The Hall–Kier alpha value is -1.23. The Morgan fingerprint density at radius 1 is 1.00 bits per heavy atom. The van der Waals surface area contributed by atoms with E-state index < -0.39 is 0 Å². The van der Waals surface area contributed by atoms with E-state index in [9.17, 15) is 4.79 Å². The highest BCUT2D eigenvalue weighted by Gasteiger charge is 2.61. The molecule has 106 valence electrons. The maximum absolute atomic E-state index is 13.1. The van der Waals surface area contributed by atoms with Crippen molar-refractivity contribution in [2.24, 2.45) is 5.41 Å². The van der Waals surface area contributed by atoms with E-state index in [1.165, 1.54) is 25.6 Å². The minimum Gasteiger partial charge on any atom is -0.293 e. The van der Waals surface area contributed by atoms with Gasteiger partial charge in [0.2, 0.25) is 20.0 Å². The van der Waals surface area contributed by atoms with Crippen LogP contribution in [-0.2, 0) is 6.42 Å². The molecule has 0 atom stereocenters. The summed E-state index contributed by atoms with van der Waals surface area (Å²) in [7, 11) is 0. The van der Waals surface area contributed by atoms with Crippen LogP contribution in [0.4, 0.5) is 0 Å². The monoisotopic (exact) mass is 274 g/mol. The zero-order valence-electron chi connectivity index (χ0n) is 12.2. The van der Waals surface area contributed by atoms with Crippen LogP contribution in [0.2, 0.25) is 0 Å². The Labute approximate surface area is 120 Å². The Morgan fingerprint density at radius 3 is 1.95 bits per heavy atom. The average Bonchev–Trinajstić information content (AvgIpc) is 2.45. The number of benzene rings is 1. The van der Waals surface area contributed by atoms with E-state index >= 15 is 0 Å². The number of rotatable bonds is 3. The lowest BCUT2D eigenvalue weighted by molar-refractivity contribution is -1.30. The first-order valence-corrected chi connectivity index (χ1v) is 7.83. The summed E-state index contributed by atoms with van der Waals surface area (Å²) in [4.78, 5) is 17.9. The number of aryl methyl sites for hydroxylation is 1. The van der Waals surface area contributed by atoms with Crippen LogP contribution in [0.25, 0.3) is 0 Å². The lowest BCUT2D eigenvalue weighted by Gasteiger charge is -2.51. The van der Waals surface area contributed by atoms with Gasteiger partial charge in [0.1, 0.15) is 19.6 Å². The molecule has 4 nitrogen and oxygen atoms in total. The predicted molar refractivity (Wildman–Crippen MR) is 74.7 cm³/mol. The maximum Gasteiger partial charge on any atom is 0.213 e. The third-order valence-corrected chi connectivity index (χ3v) is 5.37. The Morgan fingerprint density at radius 2 is 1.50 bits per heavy atom. The van der Waals surface area contributed by atoms with Gasteiger partial charge in [0.15, 0.2) is 11.2 Å². The average molecular weight is 274 g/mol. The van der Waals surface area contributed by atoms with E-state index in [1.54, 1.807) is 14.7 Å². The van der Waals surface area contributed by atoms with Gasteiger partial charge < -0.3 is 0 Å². The molecule has 0 saturated carbocycles. The molecule has 0 spiro atoms. The van der Waals surface area contributed by atoms with Crippen molar-refractivity contribution < 1.29 is 19.5 Å². The van der Waals surface area contributed by atoms with Gasteiger partial charge in [-0.05, 0) is 12.0 Å². The molecular weight excluding hydrogens is 250 g/mol. The first kappa shape index (κ1) is 12.5. The number of quaternary nitrogens is 3. The van der Waals surface area contributed by atoms with Crippen molar-refractivity contribution >= 4 is 5.78 Å². The Balaban J connectivity index is 1.64. The molecule has 0 radical (unpaired) electrons. The largest absolute Gasteiger partial charge is 0.293 e. The fourth-order valence-electron chi connectivity index (χ4n) is 4.69. The van der Waals surface area contributed by atoms with E-state index in [1.807, 2.05) is 12.1 Å². The molecule has 4 heteroatoms. The van der Waals surface area contributed by atoms with Crippen molar-refractivity contribution in [2.75, 3.05) is 39.6 Å². The van der Waals surface area contributed by atoms with Gasteiger partial charge in [0, 0.05) is 5.56 Å². The van der Waals surface area contributed by atoms with Gasteiger partial charge in [0.25, 0.3) is 0 Å². The number of hydrogen-bond donors (Lipinski definition) is 3. The highest BCUT2D eigenvalue weighted by Crippen LogP contribution is 2.22. The van der Waals surface area contributed by atoms with Gasteiger partial charge in [-0.2, -0.15) is 0 Å². The van der Waals surface area contributed by atoms with E-state index in [-0.39, 0.29) is 5.41 Å². The lowest BCUT2D eigenvalue weighted by atomic mass is 9.75. The standard InChI is InChI=1S/C16H21N3O/c1-2-13-3-5-14(6-4-13)15(20)16-7-17-10-18(8-16)12-19(9-16)11-17/h3-6H,2,7-12H2,1H3/p+3. The summed E-state index contributed by atoms with van der Waals surface area (Å²) in [6.07, 6.45) is 1.04. The van der Waals surface area contributed by atoms with Gasteiger partial charge in [-0.1, -0.05) is 31.2 Å². The molecule has 4 fully saturated rings. The summed E-state index contributed by atoms with van der Waals surface area (Å²) in [5.41, 5.74) is 2.14. The van der Waals surface area contributed by atoms with Crippen molar-refractivity contribution in [1.29, 1.82) is 0 Å². The molecule has 1 aromatic carbocycles. The Bertz CT molecular complexity index is 502. The van der Waals surface area contributed by atoms with E-state index in [2.05, 4.69) is 19.1 Å². The number of Topliss-reactive ketones (excluding diaryl/α,β-unsaturated/α-hetero) is 1. The molecule has 4 saturated heterocycles. The molecule has 3 N–H and O–H groups in total. The van der Waals surface area contributed by atoms with Crippen LogP contribution in [0.3, 0.4) is 0 Å². The van der Waals surface area contributed by atoms with Gasteiger partial charge in [0.05, 0.1) is 0 Å². The van der Waals surface area contributed by atoms with E-state index in [4.69, 9.17) is 0 Å². The fraction of sp³-hybridized carbons (Fsp3) is 0.562. The van der Waals surface area contributed by atoms with Gasteiger partial charge in [-0.25, -0.2) is 14.7 Å². The number of hydrogen-bond acceptors (Lipinski definition) is 1. The second kappa shape index (κ2) is 4.38. The molecule has 5 rings (SSSR count). The molecule has 0 amide bonds. The number of carbonyl (C=O) groups is 1. The summed E-state index contributed by atoms with van der Waals surface area (Å²) in [6.45, 7) is 8.95. The van der Waals surface area contributed by atoms with Crippen LogP contribution in [0.5, 0.6) is 0 Å². The quantitative estimate of drug-likeness (QED) is 0.504. The van der Waals surface area contributed by atoms with Crippen LogP contribution >= 0.6 is 0 Å². The molecule has 0 unspecified atom stereocenters. The third-order valence-electron chi connectivity index (χ3n) is 5.37. The summed E-state index contributed by atoms with van der Waals surface area (Å²) < 4.78 is 0. The minimum absolute atomic E-state index is 0.0948. The lowest BCUT2D eigenvalue weighted by Crippen LogP contribution is -3.56. The first-order chi connectivity index (χ1) is 9.68. The van der Waals surface area contributed by atoms with Crippen LogP contribution in [0.15, 0.2) is 24.3 Å². The van der Waals surface area contributed by atoms with E-state index in [0.29, 0.717) is 5.78 Å². The molecule has 0 aliphatic carbocycles. The summed E-state index contributed by atoms with van der Waals surface area (Å²) >= 11 is 0. The number of carbonyl (C=O) groups excluding carboxylic acids is 1. The zero-order valence-corrected chi connectivity index (χ0v) is 12.2. The van der Waals surface area contributed by atoms with Crippen molar-refractivity contribution in [3.8, 4) is 0 Å². The normalized spacial score (nSPS) is 38.1. The fourth-order valence-corrected chi connectivity index (χ4v) is 4.69. The molecule has 1 aromatic rings. The maximum atomic E-state index is 13.1. The first-order valence-electron chi connectivity index (χ1n) is 7.83. The highest BCUT2D eigenvalue weighted by molar-refractivity contribution is 6.01. The molecule has 4 heterocycles. The van der Waals surface area contributed by atoms with Crippen LogP contribution in [0.1, 0.15) is 22.8 Å². The SMILES string of the molecule is CCc1ccc(C(=O)C23C[NH+]4C[NH+](C[NH+](C4)C2)C3)cc1. The second-order valence-corrected chi connectivity index (χ2v) is 6.97. The number of ketones is 1. The zero-order chi connectivity index (χ0) is 13.7. The van der Waals surface area contributed by atoms with Crippen molar-refractivity contribution in [1.82, 2.24) is 0 Å². The van der Waals surface area contributed by atoms with Crippen LogP contribution in [0, 0.1) is 5.41 Å². The molecule has 4 aliphatic heterocycles. The molecule has 0 aromatic heterocycles. The minimum atomic E-state index is -0.0948. The van der Waals surface area contributed by atoms with Gasteiger partial charge in [-0.15, -0.1) is 0 Å². The summed E-state index contributed by atoms with van der Waals surface area (Å²) in [6, 6.07) is 8.31. The molecular formula is C16H24N3O+3. The molecule has 20 heavy (non-hydrogen) atoms. The van der Waals surface area contributed by atoms with Crippen molar-refractivity contribution in [3.63, 3.8) is 0 Å². The molecule has 4 bridgehead atoms. The van der Waals surface area contributed by atoms with Crippen LogP contribution in [-0.4, -0.2) is 45.4 Å². The van der Waals surface area contributed by atoms with Crippen molar-refractivity contribution in [2.45, 2.75) is 13.3 Å². The third kappa shape index (κ3) is 1.83. The summed E-state index contributed by atoms with van der Waals surface area (Å²) in [5.74, 6) is 0.395. The van der Waals surface area contributed by atoms with Gasteiger partial charge in [-0.3, -0.25) is 4.79 Å². The van der Waals surface area contributed by atoms with Crippen LogP contribution < -0.4 is 14.7 Å². The highest BCUT2D eigenvalue weighted by atomic mass is 16.1. The Kier molecular flexibility index (Phi) is 2.74. The van der Waals surface area contributed by atoms with Gasteiger partial charge >= 0.3 is 0 Å². The smallest absolute Gasteiger partial charge is 0.213 e. The summed E-state index contributed by atoms with van der Waals surface area (Å²) in [5, 5.41) is 0. The van der Waals surface area contributed by atoms with E-state index in [0.717, 1.165) is 31.6 Å². The molecule has 4 aliphatic rings. The number of nitrogens with one attached hydrogen (secondary N) is 3. The second-order valence-electron chi connectivity index (χ2n) is 6.97. The topological polar surface area (TPSA) is 30.4 Å². The van der Waals surface area contributed by atoms with Crippen molar-refractivity contribution in [3.05, 3.63) is 35.4 Å². The predicted octanol–water partition coefficient (Wildman–Crippen LogP) is -3.01.